The van der Waals surface area contributed by atoms with Crippen molar-refractivity contribution in [1.29, 1.82) is 0 Å². The van der Waals surface area contributed by atoms with Gasteiger partial charge in [-0.2, -0.15) is 0 Å². The molecule has 23 heavy (non-hydrogen) atoms. The van der Waals surface area contributed by atoms with Crippen molar-refractivity contribution in [3.05, 3.63) is 73.8 Å². The topological polar surface area (TPSA) is 95.1 Å². The Bertz CT molecular complexity index is 1100. The summed E-state index contributed by atoms with van der Waals surface area (Å²) in [7, 11) is 0. The number of aromatic nitrogens is 2. The van der Waals surface area contributed by atoms with Crippen molar-refractivity contribution < 1.29 is 9.72 Å². The SMILES string of the molecule is Cc1ccc2nc3n(c(=O)c2c1)-c1ccc([N+](=O)[O-])cc1C3=O. The third-order valence-electron chi connectivity index (χ3n) is 3.90. The van der Waals surface area contributed by atoms with Crippen molar-refractivity contribution in [3.63, 3.8) is 0 Å². The van der Waals surface area contributed by atoms with Gasteiger partial charge in [-0.15, -0.1) is 0 Å². The molecule has 7 heteroatoms. The molecule has 7 nitrogen and oxygen atoms in total. The van der Waals surface area contributed by atoms with Gasteiger partial charge in [0.1, 0.15) is 0 Å². The number of hydrogen-bond donors (Lipinski definition) is 0. The van der Waals surface area contributed by atoms with Crippen molar-refractivity contribution >= 4 is 22.4 Å². The molecule has 2 aromatic carbocycles. The minimum atomic E-state index is -0.577. The average molecular weight is 307 g/mol. The van der Waals surface area contributed by atoms with Gasteiger partial charge in [0.15, 0.2) is 5.82 Å². The van der Waals surface area contributed by atoms with Gasteiger partial charge in [0.05, 0.1) is 27.1 Å². The number of hydrogen-bond acceptors (Lipinski definition) is 5. The van der Waals surface area contributed by atoms with Gasteiger partial charge in [0.2, 0.25) is 5.78 Å². The number of nitro groups is 1. The molecule has 2 heterocycles. The van der Waals surface area contributed by atoms with Gasteiger partial charge in [-0.3, -0.25) is 24.3 Å². The Hall–Kier alpha value is -3.35. The number of nitrogens with zero attached hydrogens (tertiary/aromatic N) is 3. The molecular formula is C16H9N3O4. The van der Waals surface area contributed by atoms with Gasteiger partial charge in [-0.25, -0.2) is 4.98 Å². The summed E-state index contributed by atoms with van der Waals surface area (Å²) in [5.41, 5.74) is 1.24. The minimum Gasteiger partial charge on any atom is -0.285 e. The van der Waals surface area contributed by atoms with Crippen LogP contribution in [-0.2, 0) is 0 Å². The zero-order chi connectivity index (χ0) is 16.3. The number of ketones is 1. The average Bonchev–Trinajstić information content (AvgIpc) is 2.81. The van der Waals surface area contributed by atoms with E-state index in [0.717, 1.165) is 5.56 Å². The summed E-state index contributed by atoms with van der Waals surface area (Å²) in [6.45, 7) is 1.86. The molecule has 0 aliphatic carbocycles. The highest BCUT2D eigenvalue weighted by molar-refractivity contribution is 6.13. The fraction of sp³-hybridized carbons (Fsp3) is 0.0625. The summed E-state index contributed by atoms with van der Waals surface area (Å²) < 4.78 is 1.23. The smallest absolute Gasteiger partial charge is 0.270 e. The zero-order valence-electron chi connectivity index (χ0n) is 11.9. The molecule has 112 valence electrons. The molecule has 0 amide bonds. The monoisotopic (exact) mass is 307 g/mol. The lowest BCUT2D eigenvalue weighted by molar-refractivity contribution is -0.384. The maximum absolute atomic E-state index is 12.7. The number of carbonyl (C=O) groups is 1. The van der Waals surface area contributed by atoms with Crippen molar-refractivity contribution in [2.75, 3.05) is 0 Å². The van der Waals surface area contributed by atoms with Gasteiger partial charge in [-0.05, 0) is 25.1 Å². The first-order valence-electron chi connectivity index (χ1n) is 6.84. The van der Waals surface area contributed by atoms with Crippen LogP contribution >= 0.6 is 0 Å². The van der Waals surface area contributed by atoms with Crippen LogP contribution in [-0.4, -0.2) is 20.3 Å². The van der Waals surface area contributed by atoms with Crippen LogP contribution in [0.25, 0.3) is 16.6 Å². The van der Waals surface area contributed by atoms with Crippen molar-refractivity contribution in [1.82, 2.24) is 9.55 Å². The fourth-order valence-corrected chi connectivity index (χ4v) is 2.81. The summed E-state index contributed by atoms with van der Waals surface area (Å²) >= 11 is 0. The molecule has 0 bridgehead atoms. The van der Waals surface area contributed by atoms with Crippen LogP contribution in [0.5, 0.6) is 0 Å². The van der Waals surface area contributed by atoms with Gasteiger partial charge in [0.25, 0.3) is 11.2 Å². The van der Waals surface area contributed by atoms with Gasteiger partial charge < -0.3 is 0 Å². The molecule has 0 saturated heterocycles. The molecule has 1 aliphatic heterocycles. The lowest BCUT2D eigenvalue weighted by Gasteiger charge is -2.05. The molecule has 0 N–H and O–H groups in total. The van der Waals surface area contributed by atoms with E-state index < -0.39 is 10.7 Å². The predicted molar refractivity (Wildman–Crippen MR) is 82.2 cm³/mol. The Morgan fingerprint density at radius 1 is 1.13 bits per heavy atom. The number of benzene rings is 2. The molecule has 1 aliphatic rings. The van der Waals surface area contributed by atoms with E-state index in [2.05, 4.69) is 4.98 Å². The minimum absolute atomic E-state index is 0.0122. The van der Waals surface area contributed by atoms with Gasteiger partial charge in [0, 0.05) is 12.1 Å². The van der Waals surface area contributed by atoms with Crippen LogP contribution in [0.1, 0.15) is 21.7 Å². The van der Waals surface area contributed by atoms with Crippen LogP contribution in [0.4, 0.5) is 5.69 Å². The highest BCUT2D eigenvalue weighted by atomic mass is 16.6. The van der Waals surface area contributed by atoms with Crippen LogP contribution in [0.3, 0.4) is 0 Å². The van der Waals surface area contributed by atoms with Crippen LogP contribution < -0.4 is 5.56 Å². The third kappa shape index (κ3) is 1.73. The van der Waals surface area contributed by atoms with Gasteiger partial charge in [-0.1, -0.05) is 11.6 Å². The van der Waals surface area contributed by atoms with E-state index in [9.17, 15) is 19.7 Å². The standard InChI is InChI=1S/C16H9N3O4/c1-8-2-4-12-10(6-8)16(21)18-13-5-3-9(19(22)23)7-11(13)14(20)15(18)17-12/h2-7H,1H3. The third-order valence-corrected chi connectivity index (χ3v) is 3.90. The number of non-ortho nitro benzene ring substituents is 1. The number of rotatable bonds is 1. The van der Waals surface area contributed by atoms with Crippen LogP contribution in [0.15, 0.2) is 41.2 Å². The van der Waals surface area contributed by atoms with E-state index in [1.807, 2.05) is 13.0 Å². The van der Waals surface area contributed by atoms with Crippen LogP contribution in [0.2, 0.25) is 0 Å². The number of aryl methyl sites for hydroxylation is 1. The van der Waals surface area contributed by atoms with Crippen molar-refractivity contribution in [2.24, 2.45) is 0 Å². The predicted octanol–water partition coefficient (Wildman–Crippen LogP) is 2.15. The summed E-state index contributed by atoms with van der Waals surface area (Å²) in [6, 6.07) is 9.07. The van der Waals surface area contributed by atoms with E-state index in [1.165, 1.54) is 22.8 Å². The Kier molecular flexibility index (Phi) is 2.51. The second-order valence-corrected chi connectivity index (χ2v) is 5.38. The summed E-state index contributed by atoms with van der Waals surface area (Å²) in [5.74, 6) is -0.495. The lowest BCUT2D eigenvalue weighted by atomic mass is 10.1. The first-order chi connectivity index (χ1) is 11.0. The molecule has 0 radical (unpaired) electrons. The highest BCUT2D eigenvalue weighted by Crippen LogP contribution is 2.29. The largest absolute Gasteiger partial charge is 0.285 e. The molecule has 0 fully saturated rings. The molecule has 0 saturated carbocycles. The van der Waals surface area contributed by atoms with E-state index >= 15 is 0 Å². The fourth-order valence-electron chi connectivity index (χ4n) is 2.81. The first kappa shape index (κ1) is 13.3. The van der Waals surface area contributed by atoms with Crippen molar-refractivity contribution in [2.45, 2.75) is 6.92 Å². The molecule has 3 aromatic rings. The Morgan fingerprint density at radius 2 is 1.91 bits per heavy atom. The zero-order valence-corrected chi connectivity index (χ0v) is 11.9. The summed E-state index contributed by atoms with van der Waals surface area (Å²) in [6.07, 6.45) is 0. The molecule has 0 atom stereocenters. The normalized spacial score (nSPS) is 12.3. The van der Waals surface area contributed by atoms with E-state index in [4.69, 9.17) is 0 Å². The van der Waals surface area contributed by atoms with E-state index in [-0.39, 0.29) is 22.6 Å². The Balaban J connectivity index is 2.10. The molecule has 0 spiro atoms. The summed E-state index contributed by atoms with van der Waals surface area (Å²) in [4.78, 5) is 39.8. The second-order valence-electron chi connectivity index (χ2n) is 5.38. The van der Waals surface area contributed by atoms with Gasteiger partial charge >= 0.3 is 0 Å². The highest BCUT2D eigenvalue weighted by Gasteiger charge is 2.31. The molecule has 0 unspecified atom stereocenters. The maximum Gasteiger partial charge on any atom is 0.270 e. The number of nitro benzene ring substituents is 1. The number of carbonyl (C=O) groups excluding carboxylic acids is 1. The lowest BCUT2D eigenvalue weighted by Crippen LogP contribution is -2.21. The Labute approximate surface area is 129 Å². The summed E-state index contributed by atoms with van der Waals surface area (Å²) in [5, 5.41) is 11.3. The van der Waals surface area contributed by atoms with E-state index in [1.54, 1.807) is 12.1 Å². The van der Waals surface area contributed by atoms with Crippen molar-refractivity contribution in [3.8, 4) is 5.69 Å². The van der Waals surface area contributed by atoms with Crippen LogP contribution in [0, 0.1) is 17.0 Å². The number of fused-ring (bicyclic) bond motifs is 4. The Morgan fingerprint density at radius 3 is 2.65 bits per heavy atom. The maximum atomic E-state index is 12.7. The molecule has 4 rings (SSSR count). The second kappa shape index (κ2) is 4.33. The molecule has 1 aromatic heterocycles. The van der Waals surface area contributed by atoms with E-state index in [0.29, 0.717) is 16.6 Å². The molecular weight excluding hydrogens is 298 g/mol. The first-order valence-corrected chi connectivity index (χ1v) is 6.84. The quantitative estimate of drug-likeness (QED) is 0.396.